The first-order chi connectivity index (χ1) is 9.97. The Balaban J connectivity index is 2.53. The van der Waals surface area contributed by atoms with Gasteiger partial charge in [0.1, 0.15) is 23.2 Å². The Morgan fingerprint density at radius 3 is 2.10 bits per heavy atom. The average Bonchev–Trinajstić information content (AvgIpc) is 2.44. The Hall–Kier alpha value is -2.18. The summed E-state index contributed by atoms with van der Waals surface area (Å²) < 4.78 is 64.2. The molecule has 0 heterocycles. The van der Waals surface area contributed by atoms with E-state index in [-0.39, 0.29) is 17.0 Å². The van der Waals surface area contributed by atoms with Crippen molar-refractivity contribution in [3.63, 3.8) is 0 Å². The van der Waals surface area contributed by atoms with Crippen molar-refractivity contribution < 1.29 is 27.0 Å². The van der Waals surface area contributed by atoms with Crippen molar-refractivity contribution >= 4 is 18.2 Å². The molecule has 0 saturated carbocycles. The van der Waals surface area contributed by atoms with Gasteiger partial charge in [-0.25, -0.2) is 17.6 Å². The summed E-state index contributed by atoms with van der Waals surface area (Å²) in [7, 11) is 3.32. The Bertz CT molecular complexity index is 677. The molecule has 0 atom stereocenters. The Labute approximate surface area is 119 Å². The van der Waals surface area contributed by atoms with Crippen LogP contribution in [0, 0.1) is 23.3 Å². The number of methoxy groups -OCH3 is 2. The van der Waals surface area contributed by atoms with E-state index in [1.54, 1.807) is 0 Å². The number of hydrogen-bond acceptors (Lipinski definition) is 2. The third kappa shape index (κ3) is 2.96. The summed E-state index contributed by atoms with van der Waals surface area (Å²) in [5, 5.41) is 0. The summed E-state index contributed by atoms with van der Waals surface area (Å²) in [6.07, 6.45) is 0. The molecule has 0 aliphatic rings. The van der Waals surface area contributed by atoms with Crippen molar-refractivity contribution in [1.82, 2.24) is 0 Å². The fourth-order valence-corrected chi connectivity index (χ4v) is 1.85. The lowest BCUT2D eigenvalue weighted by Gasteiger charge is -2.12. The smallest absolute Gasteiger partial charge is 0.208 e. The number of ether oxygens (including phenoxy) is 2. The first-order valence-electron chi connectivity index (χ1n) is 5.87. The van der Waals surface area contributed by atoms with Crippen LogP contribution in [0.25, 0.3) is 0 Å². The Kier molecular flexibility index (Phi) is 4.40. The summed E-state index contributed by atoms with van der Waals surface area (Å²) >= 11 is 0. The topological polar surface area (TPSA) is 18.5 Å². The van der Waals surface area contributed by atoms with Gasteiger partial charge < -0.3 is 9.47 Å². The zero-order valence-corrected chi connectivity index (χ0v) is 11.2. The normalized spacial score (nSPS) is 10.4. The van der Waals surface area contributed by atoms with E-state index in [2.05, 4.69) is 0 Å². The Morgan fingerprint density at radius 1 is 0.810 bits per heavy atom. The summed E-state index contributed by atoms with van der Waals surface area (Å²) in [6.45, 7) is 0. The molecule has 0 aliphatic carbocycles. The lowest BCUT2D eigenvalue weighted by molar-refractivity contribution is 0.386. The zero-order valence-electron chi connectivity index (χ0n) is 11.2. The molecule has 0 amide bonds. The maximum Gasteiger partial charge on any atom is 0.208 e. The summed E-state index contributed by atoms with van der Waals surface area (Å²) in [4.78, 5) is 0. The summed E-state index contributed by atoms with van der Waals surface area (Å²) in [6, 6.07) is 3.62. The van der Waals surface area contributed by atoms with Crippen LogP contribution in [0.4, 0.5) is 17.6 Å². The number of halogens is 4. The van der Waals surface area contributed by atoms with Gasteiger partial charge in [0.05, 0.1) is 14.2 Å². The number of hydrogen-bond donors (Lipinski definition) is 0. The van der Waals surface area contributed by atoms with E-state index >= 15 is 0 Å². The quantitative estimate of drug-likeness (QED) is 0.634. The number of benzene rings is 2. The fourth-order valence-electron chi connectivity index (χ4n) is 1.85. The highest BCUT2D eigenvalue weighted by Crippen LogP contribution is 2.17. The first kappa shape index (κ1) is 15.2. The first-order valence-corrected chi connectivity index (χ1v) is 5.87. The van der Waals surface area contributed by atoms with Crippen LogP contribution in [0.3, 0.4) is 0 Å². The van der Waals surface area contributed by atoms with Gasteiger partial charge >= 0.3 is 0 Å². The maximum atomic E-state index is 14.0. The van der Waals surface area contributed by atoms with Gasteiger partial charge in [-0.3, -0.25) is 0 Å². The van der Waals surface area contributed by atoms with Gasteiger partial charge in [0.15, 0.2) is 11.6 Å². The van der Waals surface area contributed by atoms with Gasteiger partial charge in [-0.05, 0) is 23.1 Å². The molecule has 7 heteroatoms. The van der Waals surface area contributed by atoms with Crippen LogP contribution >= 0.6 is 0 Å². The highest BCUT2D eigenvalue weighted by Gasteiger charge is 2.21. The largest absolute Gasteiger partial charge is 0.497 e. The molecule has 2 aromatic rings. The molecule has 0 aromatic heterocycles. The van der Waals surface area contributed by atoms with Crippen molar-refractivity contribution in [2.24, 2.45) is 0 Å². The minimum absolute atomic E-state index is 0.172. The molecule has 0 unspecified atom stereocenters. The van der Waals surface area contributed by atoms with E-state index in [0.717, 1.165) is 25.5 Å². The lowest BCUT2D eigenvalue weighted by Crippen LogP contribution is -2.35. The molecule has 0 fully saturated rings. The van der Waals surface area contributed by atoms with E-state index in [9.17, 15) is 17.6 Å². The van der Waals surface area contributed by atoms with E-state index in [1.165, 1.54) is 14.2 Å². The van der Waals surface area contributed by atoms with Crippen LogP contribution in [0.5, 0.6) is 11.5 Å². The predicted molar refractivity (Wildman–Crippen MR) is 70.8 cm³/mol. The van der Waals surface area contributed by atoms with E-state index in [1.807, 2.05) is 0 Å². The molecule has 0 N–H and O–H groups in total. The molecule has 0 saturated heterocycles. The molecule has 2 nitrogen and oxygen atoms in total. The molecular formula is C14H10BF4O2. The van der Waals surface area contributed by atoms with E-state index in [0.29, 0.717) is 6.07 Å². The van der Waals surface area contributed by atoms with E-state index in [4.69, 9.17) is 9.47 Å². The van der Waals surface area contributed by atoms with E-state index < -0.39 is 28.7 Å². The third-order valence-electron chi connectivity index (χ3n) is 2.88. The predicted octanol–water partition coefficient (Wildman–Crippen LogP) is 1.92. The molecule has 0 bridgehead atoms. The standard InChI is InChI=1S/C14H10BF4O2/c1-20-10-4-3-8(17)13(14(10)19)15-12-9(18)5-7(16)6-11(12)21-2/h3-6H,1-2H3. The van der Waals surface area contributed by atoms with Gasteiger partial charge in [-0.1, -0.05) is 0 Å². The van der Waals surface area contributed by atoms with Crippen LogP contribution in [-0.4, -0.2) is 21.5 Å². The molecular weight excluding hydrogens is 287 g/mol. The molecule has 2 aromatic carbocycles. The highest BCUT2D eigenvalue weighted by molar-refractivity contribution is 6.68. The van der Waals surface area contributed by atoms with Gasteiger partial charge in [-0.2, -0.15) is 0 Å². The summed E-state index contributed by atoms with van der Waals surface area (Å²) in [5.74, 6) is -4.10. The second kappa shape index (κ2) is 6.07. The molecule has 0 spiro atoms. The summed E-state index contributed by atoms with van der Waals surface area (Å²) in [5.41, 5.74) is -0.761. The molecule has 2 rings (SSSR count). The number of rotatable bonds is 4. The van der Waals surface area contributed by atoms with Crippen LogP contribution in [0.1, 0.15) is 0 Å². The lowest BCUT2D eigenvalue weighted by atomic mass is 9.62. The van der Waals surface area contributed by atoms with Crippen LogP contribution in [-0.2, 0) is 0 Å². The van der Waals surface area contributed by atoms with Gasteiger partial charge in [0.2, 0.25) is 7.28 Å². The molecule has 0 aliphatic heterocycles. The van der Waals surface area contributed by atoms with Crippen molar-refractivity contribution in [1.29, 1.82) is 0 Å². The second-order valence-corrected chi connectivity index (χ2v) is 4.13. The monoisotopic (exact) mass is 297 g/mol. The van der Waals surface area contributed by atoms with Crippen LogP contribution in [0.15, 0.2) is 24.3 Å². The van der Waals surface area contributed by atoms with Gasteiger partial charge in [-0.15, -0.1) is 0 Å². The average molecular weight is 297 g/mol. The van der Waals surface area contributed by atoms with Crippen molar-refractivity contribution in [2.45, 2.75) is 0 Å². The zero-order chi connectivity index (χ0) is 15.6. The maximum absolute atomic E-state index is 14.0. The minimum atomic E-state index is -0.992. The van der Waals surface area contributed by atoms with Crippen molar-refractivity contribution in [3.05, 3.63) is 47.5 Å². The molecule has 109 valence electrons. The van der Waals surface area contributed by atoms with Gasteiger partial charge in [0.25, 0.3) is 0 Å². The highest BCUT2D eigenvalue weighted by atomic mass is 19.1. The Morgan fingerprint density at radius 2 is 1.48 bits per heavy atom. The second-order valence-electron chi connectivity index (χ2n) is 4.13. The molecule has 21 heavy (non-hydrogen) atoms. The fraction of sp³-hybridized carbons (Fsp3) is 0.143. The third-order valence-corrected chi connectivity index (χ3v) is 2.88. The minimum Gasteiger partial charge on any atom is -0.497 e. The molecule has 1 radical (unpaired) electrons. The van der Waals surface area contributed by atoms with Crippen LogP contribution in [0.2, 0.25) is 0 Å². The van der Waals surface area contributed by atoms with Crippen molar-refractivity contribution in [2.75, 3.05) is 14.2 Å². The van der Waals surface area contributed by atoms with Crippen LogP contribution < -0.4 is 20.4 Å². The van der Waals surface area contributed by atoms with Gasteiger partial charge in [0, 0.05) is 12.1 Å². The SMILES string of the molecule is COc1ccc(F)c([B]c2c(F)cc(F)cc2OC)c1F. The van der Waals surface area contributed by atoms with Crippen molar-refractivity contribution in [3.8, 4) is 11.5 Å².